The van der Waals surface area contributed by atoms with Crippen LogP contribution in [0, 0.1) is 0 Å². The van der Waals surface area contributed by atoms with E-state index >= 15 is 0 Å². The highest BCUT2D eigenvalue weighted by Gasteiger charge is 2.28. The lowest BCUT2D eigenvalue weighted by atomic mass is 10.0. The van der Waals surface area contributed by atoms with Crippen LogP contribution in [0.3, 0.4) is 0 Å². The highest BCUT2D eigenvalue weighted by atomic mass is 16.5. The van der Waals surface area contributed by atoms with Gasteiger partial charge in [-0.15, -0.1) is 0 Å². The molecule has 0 radical (unpaired) electrons. The molecule has 0 heterocycles. The average molecular weight is 279 g/mol. The summed E-state index contributed by atoms with van der Waals surface area (Å²) in [4.78, 5) is 24.3. The van der Waals surface area contributed by atoms with E-state index < -0.39 is 12.0 Å². The summed E-state index contributed by atoms with van der Waals surface area (Å²) in [6.07, 6.45) is 0.0560. The van der Waals surface area contributed by atoms with Crippen molar-refractivity contribution in [2.24, 2.45) is 0 Å². The van der Waals surface area contributed by atoms with Crippen LogP contribution in [0.15, 0.2) is 24.3 Å². The van der Waals surface area contributed by atoms with Gasteiger partial charge in [-0.1, -0.05) is 12.1 Å². The highest BCUT2D eigenvalue weighted by molar-refractivity contribution is 5.83. The van der Waals surface area contributed by atoms with Crippen LogP contribution in [0.4, 0.5) is 0 Å². The first-order valence-corrected chi connectivity index (χ1v) is 6.63. The van der Waals surface area contributed by atoms with Crippen molar-refractivity contribution in [1.82, 2.24) is 4.90 Å². The highest BCUT2D eigenvalue weighted by Crippen LogP contribution is 2.24. The second-order valence-corrected chi connectivity index (χ2v) is 4.78. The molecule has 0 saturated carbocycles. The van der Waals surface area contributed by atoms with Crippen LogP contribution in [-0.2, 0) is 9.59 Å². The standard InChI is InChI=1S/C15H21NO4/c1-5-16(11(4)17)14(15(18)19)12-6-8-13(9-7-12)20-10(2)3/h6-10,14H,5H2,1-4H3,(H,18,19). The van der Waals surface area contributed by atoms with E-state index in [1.165, 1.54) is 11.8 Å². The van der Waals surface area contributed by atoms with Crippen LogP contribution >= 0.6 is 0 Å². The van der Waals surface area contributed by atoms with Crippen molar-refractivity contribution in [3.8, 4) is 5.75 Å². The van der Waals surface area contributed by atoms with Crippen LogP contribution in [0.25, 0.3) is 0 Å². The molecule has 1 aromatic rings. The van der Waals surface area contributed by atoms with Gasteiger partial charge in [-0.25, -0.2) is 4.79 Å². The smallest absolute Gasteiger partial charge is 0.331 e. The summed E-state index contributed by atoms with van der Waals surface area (Å²) in [5, 5.41) is 9.37. The number of carbonyl (C=O) groups is 2. The number of benzene rings is 1. The Hall–Kier alpha value is -2.04. The molecule has 1 N–H and O–H groups in total. The van der Waals surface area contributed by atoms with Crippen molar-refractivity contribution >= 4 is 11.9 Å². The van der Waals surface area contributed by atoms with E-state index in [0.29, 0.717) is 17.9 Å². The Morgan fingerprint density at radius 1 is 1.25 bits per heavy atom. The molecular formula is C15H21NO4. The fourth-order valence-electron chi connectivity index (χ4n) is 2.04. The topological polar surface area (TPSA) is 66.8 Å². The maximum absolute atomic E-state index is 11.5. The molecule has 0 fully saturated rings. The molecule has 0 aromatic heterocycles. The van der Waals surface area contributed by atoms with Crippen molar-refractivity contribution in [2.45, 2.75) is 39.8 Å². The van der Waals surface area contributed by atoms with E-state index in [4.69, 9.17) is 4.74 Å². The summed E-state index contributed by atoms with van der Waals surface area (Å²) in [6.45, 7) is 7.31. The van der Waals surface area contributed by atoms with Gasteiger partial charge < -0.3 is 14.7 Å². The monoisotopic (exact) mass is 279 g/mol. The molecule has 1 atom stereocenters. The Morgan fingerprint density at radius 3 is 2.15 bits per heavy atom. The molecule has 0 aliphatic carbocycles. The van der Waals surface area contributed by atoms with E-state index in [2.05, 4.69) is 0 Å². The van der Waals surface area contributed by atoms with Gasteiger partial charge in [0.15, 0.2) is 6.04 Å². The van der Waals surface area contributed by atoms with Crippen molar-refractivity contribution in [3.63, 3.8) is 0 Å². The van der Waals surface area contributed by atoms with Gasteiger partial charge in [0.1, 0.15) is 5.75 Å². The molecule has 0 saturated heterocycles. The number of aliphatic carboxylic acids is 1. The Bertz CT molecular complexity index is 467. The first kappa shape index (κ1) is 16.0. The third-order valence-corrected chi connectivity index (χ3v) is 2.86. The van der Waals surface area contributed by atoms with Gasteiger partial charge in [0, 0.05) is 13.5 Å². The lowest BCUT2D eigenvalue weighted by Crippen LogP contribution is -2.37. The number of carbonyl (C=O) groups excluding carboxylic acids is 1. The molecule has 1 rings (SSSR count). The van der Waals surface area contributed by atoms with Crippen LogP contribution in [0.2, 0.25) is 0 Å². The Kier molecular flexibility index (Phi) is 5.55. The molecule has 110 valence electrons. The second-order valence-electron chi connectivity index (χ2n) is 4.78. The van der Waals surface area contributed by atoms with Gasteiger partial charge in [-0.2, -0.15) is 0 Å². The van der Waals surface area contributed by atoms with Gasteiger partial charge in [0.2, 0.25) is 5.91 Å². The predicted octanol–water partition coefficient (Wildman–Crippen LogP) is 2.47. The number of carboxylic acid groups (broad SMARTS) is 1. The summed E-state index contributed by atoms with van der Waals surface area (Å²) < 4.78 is 5.52. The zero-order valence-corrected chi connectivity index (χ0v) is 12.3. The molecule has 1 unspecified atom stereocenters. The number of hydrogen-bond acceptors (Lipinski definition) is 3. The lowest BCUT2D eigenvalue weighted by molar-refractivity contribution is -0.149. The number of ether oxygens (including phenoxy) is 1. The summed E-state index contributed by atoms with van der Waals surface area (Å²) in [5.74, 6) is -0.624. The minimum atomic E-state index is -1.04. The van der Waals surface area contributed by atoms with Crippen LogP contribution < -0.4 is 4.74 Å². The molecular weight excluding hydrogens is 258 g/mol. The number of amides is 1. The van der Waals surface area contributed by atoms with E-state index in [9.17, 15) is 14.7 Å². The van der Waals surface area contributed by atoms with Gasteiger partial charge in [0.05, 0.1) is 6.10 Å². The quantitative estimate of drug-likeness (QED) is 0.868. The van der Waals surface area contributed by atoms with Crippen molar-refractivity contribution in [2.75, 3.05) is 6.54 Å². The van der Waals surface area contributed by atoms with Crippen LogP contribution in [-0.4, -0.2) is 34.5 Å². The fraction of sp³-hybridized carbons (Fsp3) is 0.467. The first-order chi connectivity index (χ1) is 9.36. The number of likely N-dealkylation sites (N-methyl/N-ethyl adjacent to an activating group) is 1. The minimum Gasteiger partial charge on any atom is -0.491 e. The second kappa shape index (κ2) is 6.93. The first-order valence-electron chi connectivity index (χ1n) is 6.63. The maximum atomic E-state index is 11.5. The summed E-state index contributed by atoms with van der Waals surface area (Å²) in [5.41, 5.74) is 0.561. The maximum Gasteiger partial charge on any atom is 0.331 e. The zero-order valence-electron chi connectivity index (χ0n) is 12.3. The Labute approximate surface area is 119 Å². The van der Waals surface area contributed by atoms with E-state index in [1.54, 1.807) is 31.2 Å². The van der Waals surface area contributed by atoms with Gasteiger partial charge >= 0.3 is 5.97 Å². The molecule has 0 aliphatic rings. The lowest BCUT2D eigenvalue weighted by Gasteiger charge is -2.27. The van der Waals surface area contributed by atoms with Crippen molar-refractivity contribution < 1.29 is 19.4 Å². The third-order valence-electron chi connectivity index (χ3n) is 2.86. The molecule has 0 spiro atoms. The summed E-state index contributed by atoms with van der Waals surface area (Å²) in [7, 11) is 0. The summed E-state index contributed by atoms with van der Waals surface area (Å²) in [6, 6.07) is 5.84. The molecule has 5 heteroatoms. The van der Waals surface area contributed by atoms with Gasteiger partial charge in [-0.05, 0) is 38.5 Å². The van der Waals surface area contributed by atoms with Crippen molar-refractivity contribution in [3.05, 3.63) is 29.8 Å². The van der Waals surface area contributed by atoms with Crippen molar-refractivity contribution in [1.29, 1.82) is 0 Å². The Morgan fingerprint density at radius 2 is 1.80 bits per heavy atom. The third kappa shape index (κ3) is 3.98. The van der Waals surface area contributed by atoms with E-state index in [1.807, 2.05) is 13.8 Å². The minimum absolute atomic E-state index is 0.0560. The molecule has 0 aliphatic heterocycles. The van der Waals surface area contributed by atoms with E-state index in [-0.39, 0.29) is 12.0 Å². The largest absolute Gasteiger partial charge is 0.491 e. The zero-order chi connectivity index (χ0) is 15.3. The molecule has 0 bridgehead atoms. The average Bonchev–Trinajstić information content (AvgIpc) is 2.35. The fourth-order valence-corrected chi connectivity index (χ4v) is 2.04. The molecule has 1 amide bonds. The SMILES string of the molecule is CCN(C(C)=O)C(C(=O)O)c1ccc(OC(C)C)cc1. The van der Waals surface area contributed by atoms with Gasteiger partial charge in [0.25, 0.3) is 0 Å². The van der Waals surface area contributed by atoms with E-state index in [0.717, 1.165) is 0 Å². The molecule has 20 heavy (non-hydrogen) atoms. The van der Waals surface area contributed by atoms with Crippen LogP contribution in [0.5, 0.6) is 5.75 Å². The van der Waals surface area contributed by atoms with Gasteiger partial charge in [-0.3, -0.25) is 4.79 Å². The molecule has 1 aromatic carbocycles. The Balaban J connectivity index is 3.04. The summed E-state index contributed by atoms with van der Waals surface area (Å²) >= 11 is 0. The number of nitrogens with zero attached hydrogens (tertiary/aromatic N) is 1. The number of hydrogen-bond donors (Lipinski definition) is 1. The molecule has 5 nitrogen and oxygen atoms in total. The number of rotatable bonds is 6. The number of carboxylic acids is 1. The normalized spacial score (nSPS) is 12.1. The predicted molar refractivity (Wildman–Crippen MR) is 75.6 cm³/mol. The van der Waals surface area contributed by atoms with Crippen LogP contribution in [0.1, 0.15) is 39.3 Å².